The van der Waals surface area contributed by atoms with Gasteiger partial charge in [-0.05, 0) is 37.0 Å². The second-order valence-corrected chi connectivity index (χ2v) is 7.84. The number of nitrogens with one attached hydrogen (secondary N) is 3. The summed E-state index contributed by atoms with van der Waals surface area (Å²) in [5, 5.41) is 9.62. The molecule has 8 heteroatoms. The lowest BCUT2D eigenvalue weighted by molar-refractivity contribution is -0.120. The van der Waals surface area contributed by atoms with Gasteiger partial charge in [0.15, 0.2) is 5.96 Å². The first-order valence-corrected chi connectivity index (χ1v) is 10.6. The number of carbonyl (C=O) groups is 1. The topological polar surface area (TPSA) is 68.8 Å². The number of carbonyl (C=O) groups excluding carboxylic acids is 1. The lowest BCUT2D eigenvalue weighted by atomic mass is 10.0. The van der Waals surface area contributed by atoms with Crippen LogP contribution >= 0.6 is 39.9 Å². The largest absolute Gasteiger partial charge is 0.356 e. The molecule has 0 aromatic heterocycles. The zero-order chi connectivity index (χ0) is 19.5. The van der Waals surface area contributed by atoms with E-state index in [9.17, 15) is 4.79 Å². The summed E-state index contributed by atoms with van der Waals surface area (Å²) in [4.78, 5) is 18.4. The van der Waals surface area contributed by atoms with Gasteiger partial charge in [0.1, 0.15) is 0 Å². The predicted molar refractivity (Wildman–Crippen MR) is 130 cm³/mol. The van der Waals surface area contributed by atoms with Gasteiger partial charge in [0.25, 0.3) is 0 Å². The van der Waals surface area contributed by atoms with Crippen molar-refractivity contribution >= 4 is 51.8 Å². The highest BCUT2D eigenvalue weighted by Crippen LogP contribution is 2.16. The summed E-state index contributed by atoms with van der Waals surface area (Å²) in [6.07, 6.45) is 3.61. The average Bonchev–Trinajstić information content (AvgIpc) is 2.68. The summed E-state index contributed by atoms with van der Waals surface area (Å²) in [5.41, 5.74) is 1.35. The Morgan fingerprint density at radius 3 is 2.46 bits per heavy atom. The first-order chi connectivity index (χ1) is 13.1. The maximum Gasteiger partial charge on any atom is 0.221 e. The molecule has 0 saturated carbocycles. The molecule has 0 aliphatic carbocycles. The van der Waals surface area contributed by atoms with E-state index in [0.29, 0.717) is 19.0 Å². The van der Waals surface area contributed by atoms with Crippen LogP contribution in [-0.2, 0) is 11.3 Å². The zero-order valence-electron chi connectivity index (χ0n) is 16.8. The van der Waals surface area contributed by atoms with Gasteiger partial charge in [-0.15, -0.1) is 24.0 Å². The van der Waals surface area contributed by atoms with Crippen LogP contribution in [-0.4, -0.2) is 56.0 Å². The van der Waals surface area contributed by atoms with E-state index in [1.165, 1.54) is 5.56 Å². The molecule has 1 aliphatic heterocycles. The van der Waals surface area contributed by atoms with Crippen molar-refractivity contribution in [2.24, 2.45) is 4.99 Å². The summed E-state index contributed by atoms with van der Waals surface area (Å²) in [5.74, 6) is 0.866. The molecule has 1 saturated heterocycles. The fourth-order valence-electron chi connectivity index (χ4n) is 3.12. The van der Waals surface area contributed by atoms with Crippen molar-refractivity contribution in [1.82, 2.24) is 20.9 Å². The minimum atomic E-state index is 0. The molecule has 1 aromatic rings. The molecule has 3 N–H and O–H groups in total. The molecule has 1 amide bonds. The first kappa shape index (κ1) is 25.2. The van der Waals surface area contributed by atoms with E-state index in [1.807, 2.05) is 0 Å². The van der Waals surface area contributed by atoms with Crippen molar-refractivity contribution in [2.75, 3.05) is 33.2 Å². The smallest absolute Gasteiger partial charge is 0.221 e. The van der Waals surface area contributed by atoms with Gasteiger partial charge in [-0.3, -0.25) is 14.7 Å². The van der Waals surface area contributed by atoms with Crippen molar-refractivity contribution in [2.45, 2.75) is 45.2 Å². The number of halogens is 2. The highest BCUT2D eigenvalue weighted by molar-refractivity contribution is 14.0. The fourth-order valence-corrected chi connectivity index (χ4v) is 3.38. The molecular weight excluding hydrogens is 533 g/mol. The summed E-state index contributed by atoms with van der Waals surface area (Å²) in [7, 11) is 1.77. The molecule has 28 heavy (non-hydrogen) atoms. The van der Waals surface area contributed by atoms with E-state index < -0.39 is 0 Å². The maximum absolute atomic E-state index is 11.6. The molecular formula is C20H33BrIN5O. The lowest BCUT2D eigenvalue weighted by Crippen LogP contribution is -2.49. The number of guanidine groups is 1. The molecule has 0 spiro atoms. The normalized spacial score (nSPS) is 15.6. The van der Waals surface area contributed by atoms with Crippen LogP contribution in [0.1, 0.15) is 38.2 Å². The van der Waals surface area contributed by atoms with E-state index in [-0.39, 0.29) is 29.9 Å². The number of hydrogen-bond acceptors (Lipinski definition) is 3. The van der Waals surface area contributed by atoms with Gasteiger partial charge in [-0.1, -0.05) is 35.0 Å². The van der Waals surface area contributed by atoms with E-state index in [1.54, 1.807) is 7.05 Å². The number of likely N-dealkylation sites (tertiary alicyclic amines) is 1. The lowest BCUT2D eigenvalue weighted by Gasteiger charge is -2.33. The van der Waals surface area contributed by atoms with E-state index >= 15 is 0 Å². The second-order valence-electron chi connectivity index (χ2n) is 6.92. The van der Waals surface area contributed by atoms with Crippen LogP contribution in [0, 0.1) is 0 Å². The van der Waals surface area contributed by atoms with Gasteiger partial charge in [0.2, 0.25) is 5.91 Å². The standard InChI is InChI=1S/C20H32BrN5O.HI/c1-3-11-23-19(27)8-12-24-20(22-2)25-18-9-13-26(14-10-18)15-16-4-6-17(21)7-5-16;/h4-7,18H,3,8-15H2,1-2H3,(H,23,27)(H2,22,24,25);1H. The highest BCUT2D eigenvalue weighted by Gasteiger charge is 2.20. The third-order valence-electron chi connectivity index (χ3n) is 4.69. The predicted octanol–water partition coefficient (Wildman–Crippen LogP) is 3.11. The Morgan fingerprint density at radius 2 is 1.86 bits per heavy atom. The minimum Gasteiger partial charge on any atom is -0.356 e. The Balaban J connectivity index is 0.00000392. The van der Waals surface area contributed by atoms with Gasteiger partial charge in [-0.2, -0.15) is 0 Å². The van der Waals surface area contributed by atoms with Crippen LogP contribution in [0.4, 0.5) is 0 Å². The zero-order valence-corrected chi connectivity index (χ0v) is 20.8. The molecule has 0 radical (unpaired) electrons. The van der Waals surface area contributed by atoms with Crippen LogP contribution in [0.15, 0.2) is 33.7 Å². The molecule has 0 unspecified atom stereocenters. The third-order valence-corrected chi connectivity index (χ3v) is 5.22. The van der Waals surface area contributed by atoms with Crippen LogP contribution in [0.25, 0.3) is 0 Å². The molecule has 2 rings (SSSR count). The second kappa shape index (κ2) is 14.2. The quantitative estimate of drug-likeness (QED) is 0.257. The Bertz CT molecular complexity index is 603. The minimum absolute atomic E-state index is 0. The Kier molecular flexibility index (Phi) is 12.7. The number of rotatable bonds is 8. The SMILES string of the molecule is CCCNC(=O)CCNC(=NC)NC1CCN(Cc2ccc(Br)cc2)CC1.I. The number of piperidine rings is 1. The Labute approximate surface area is 194 Å². The molecule has 0 bridgehead atoms. The van der Waals surface area contributed by atoms with Gasteiger partial charge >= 0.3 is 0 Å². The van der Waals surface area contributed by atoms with Gasteiger partial charge < -0.3 is 16.0 Å². The number of hydrogen-bond donors (Lipinski definition) is 3. The average molecular weight is 566 g/mol. The summed E-state index contributed by atoms with van der Waals surface area (Å²) >= 11 is 3.48. The van der Waals surface area contributed by atoms with Gasteiger partial charge in [0, 0.05) is 56.7 Å². The Hall–Kier alpha value is -0.870. The van der Waals surface area contributed by atoms with E-state index in [4.69, 9.17) is 0 Å². The molecule has 0 atom stereocenters. The van der Waals surface area contributed by atoms with Gasteiger partial charge in [0.05, 0.1) is 0 Å². The van der Waals surface area contributed by atoms with Crippen molar-refractivity contribution < 1.29 is 4.79 Å². The van der Waals surface area contributed by atoms with E-state index in [0.717, 1.165) is 55.9 Å². The summed E-state index contributed by atoms with van der Waals surface area (Å²) in [6.45, 7) is 6.53. The molecule has 1 fully saturated rings. The van der Waals surface area contributed by atoms with Crippen molar-refractivity contribution in [3.8, 4) is 0 Å². The first-order valence-electron chi connectivity index (χ1n) is 9.81. The summed E-state index contributed by atoms with van der Waals surface area (Å²) < 4.78 is 1.12. The summed E-state index contributed by atoms with van der Waals surface area (Å²) in [6, 6.07) is 8.98. The number of nitrogens with zero attached hydrogens (tertiary/aromatic N) is 2. The molecule has 1 aliphatic rings. The van der Waals surface area contributed by atoms with Crippen LogP contribution < -0.4 is 16.0 Å². The van der Waals surface area contributed by atoms with Crippen molar-refractivity contribution in [3.05, 3.63) is 34.3 Å². The third kappa shape index (κ3) is 9.56. The molecule has 1 heterocycles. The number of amides is 1. The molecule has 158 valence electrons. The Morgan fingerprint density at radius 1 is 1.18 bits per heavy atom. The molecule has 6 nitrogen and oxygen atoms in total. The number of benzene rings is 1. The van der Waals surface area contributed by atoms with Crippen LogP contribution in [0.2, 0.25) is 0 Å². The number of aliphatic imine (C=N–C) groups is 1. The maximum atomic E-state index is 11.6. The molecule has 1 aromatic carbocycles. The fraction of sp³-hybridized carbons (Fsp3) is 0.600. The monoisotopic (exact) mass is 565 g/mol. The van der Waals surface area contributed by atoms with Crippen LogP contribution in [0.5, 0.6) is 0 Å². The van der Waals surface area contributed by atoms with Crippen molar-refractivity contribution in [1.29, 1.82) is 0 Å². The van der Waals surface area contributed by atoms with Gasteiger partial charge in [-0.25, -0.2) is 0 Å². The van der Waals surface area contributed by atoms with E-state index in [2.05, 4.69) is 73.0 Å². The van der Waals surface area contributed by atoms with Crippen molar-refractivity contribution in [3.63, 3.8) is 0 Å². The highest BCUT2D eigenvalue weighted by atomic mass is 127. The van der Waals surface area contributed by atoms with Crippen LogP contribution in [0.3, 0.4) is 0 Å².